The van der Waals surface area contributed by atoms with Crippen molar-refractivity contribution in [2.45, 2.75) is 117 Å². The molecule has 1 aromatic heterocycles. The van der Waals surface area contributed by atoms with Crippen LogP contribution in [0, 0.1) is 0 Å². The third-order valence-corrected chi connectivity index (χ3v) is 6.16. The van der Waals surface area contributed by atoms with Crippen LogP contribution in [0.2, 0.25) is 0 Å². The largest absolute Gasteiger partial charge is 0.465 e. The minimum absolute atomic E-state index is 0.777. The summed E-state index contributed by atoms with van der Waals surface area (Å²) in [6.45, 7) is 4.53. The molecule has 0 unspecified atom stereocenters. The maximum atomic E-state index is 5.74. The molecule has 1 heterocycles. The van der Waals surface area contributed by atoms with Crippen molar-refractivity contribution in [1.29, 1.82) is 0 Å². The first-order chi connectivity index (χ1) is 16.3. The van der Waals surface area contributed by atoms with Crippen LogP contribution < -0.4 is 4.74 Å². The van der Waals surface area contributed by atoms with Gasteiger partial charge in [-0.1, -0.05) is 90.9 Å². The maximum absolute atomic E-state index is 5.74. The van der Waals surface area contributed by atoms with Gasteiger partial charge in [0.2, 0.25) is 0 Å². The second kappa shape index (κ2) is 18.3. The lowest BCUT2D eigenvalue weighted by Crippen LogP contribution is -1.93. The highest BCUT2D eigenvalue weighted by Gasteiger charge is 2.03. The van der Waals surface area contributed by atoms with E-state index in [1.165, 1.54) is 95.5 Å². The number of hydrogen-bond acceptors (Lipinski definition) is 3. The minimum Gasteiger partial charge on any atom is -0.465 e. The molecular weight excluding hydrogens is 404 g/mol. The second-order valence-electron chi connectivity index (χ2n) is 9.21. The summed E-state index contributed by atoms with van der Waals surface area (Å²) < 4.78 is 5.74. The van der Waals surface area contributed by atoms with E-state index >= 15 is 0 Å². The average Bonchev–Trinajstić information content (AvgIpc) is 2.85. The van der Waals surface area contributed by atoms with Crippen molar-refractivity contribution in [3.63, 3.8) is 0 Å². The molecule has 2 rings (SSSR count). The molecule has 0 atom stereocenters. The van der Waals surface area contributed by atoms with Crippen LogP contribution in [0.1, 0.15) is 116 Å². The molecule has 0 aliphatic rings. The molecule has 0 N–H and O–H groups in total. The van der Waals surface area contributed by atoms with Crippen molar-refractivity contribution in [3.8, 4) is 17.1 Å². The summed E-state index contributed by atoms with van der Waals surface area (Å²) in [4.78, 5) is 9.16. The predicted molar refractivity (Wildman–Crippen MR) is 142 cm³/mol. The summed E-state index contributed by atoms with van der Waals surface area (Å²) in [6.07, 6.45) is 28.8. The molecule has 0 saturated carbocycles. The Morgan fingerprint density at radius 1 is 0.667 bits per heavy atom. The van der Waals surface area contributed by atoms with Gasteiger partial charge in [-0.3, -0.25) is 0 Å². The molecular formula is C30H46N2O. The molecule has 0 bridgehead atoms. The molecule has 0 radical (unpaired) electrons. The molecule has 2 aromatic rings. The number of benzene rings is 1. The van der Waals surface area contributed by atoms with Crippen molar-refractivity contribution in [2.24, 2.45) is 0 Å². The average molecular weight is 451 g/mol. The fourth-order valence-corrected chi connectivity index (χ4v) is 4.02. The quantitative estimate of drug-likeness (QED) is 0.158. The van der Waals surface area contributed by atoms with Crippen LogP contribution in [0.5, 0.6) is 5.75 Å². The Bertz CT molecular complexity index is 737. The standard InChI is InChI=1S/C30H46N2O/c1-3-5-7-9-11-12-14-16-18-24-33-29-22-20-28(21-23-29)30-31-25-27(26-32-30)19-17-15-13-10-8-6-4-2/h18,20-26H,3-17,19H2,1-2H3. The van der Waals surface area contributed by atoms with Crippen LogP contribution in [-0.4, -0.2) is 9.97 Å². The normalized spacial score (nSPS) is 11.3. The number of hydrogen-bond donors (Lipinski definition) is 0. The van der Waals surface area contributed by atoms with Gasteiger partial charge in [0.1, 0.15) is 5.75 Å². The first-order valence-corrected chi connectivity index (χ1v) is 13.6. The first-order valence-electron chi connectivity index (χ1n) is 13.6. The highest BCUT2D eigenvalue weighted by molar-refractivity contribution is 5.55. The van der Waals surface area contributed by atoms with E-state index in [1.54, 1.807) is 0 Å². The van der Waals surface area contributed by atoms with Crippen LogP contribution >= 0.6 is 0 Å². The van der Waals surface area contributed by atoms with Gasteiger partial charge in [-0.25, -0.2) is 9.97 Å². The van der Waals surface area contributed by atoms with E-state index in [9.17, 15) is 0 Å². The Hall–Kier alpha value is -2.16. The summed E-state index contributed by atoms with van der Waals surface area (Å²) in [5.74, 6) is 1.63. The lowest BCUT2D eigenvalue weighted by molar-refractivity contribution is 0.477. The number of ether oxygens (including phenoxy) is 1. The van der Waals surface area contributed by atoms with Gasteiger partial charge in [-0.2, -0.15) is 0 Å². The summed E-state index contributed by atoms with van der Waals surface area (Å²) in [6, 6.07) is 8.04. The zero-order valence-corrected chi connectivity index (χ0v) is 21.2. The molecule has 3 nitrogen and oxygen atoms in total. The topological polar surface area (TPSA) is 35.0 Å². The van der Waals surface area contributed by atoms with E-state index in [2.05, 4.69) is 29.9 Å². The Morgan fingerprint density at radius 3 is 1.82 bits per heavy atom. The van der Waals surface area contributed by atoms with E-state index in [1.807, 2.05) is 42.9 Å². The van der Waals surface area contributed by atoms with Crippen LogP contribution in [0.25, 0.3) is 11.4 Å². The zero-order chi connectivity index (χ0) is 23.4. The summed E-state index contributed by atoms with van der Waals surface area (Å²) >= 11 is 0. The minimum atomic E-state index is 0.777. The van der Waals surface area contributed by atoms with Crippen molar-refractivity contribution in [3.05, 3.63) is 54.6 Å². The number of aromatic nitrogens is 2. The Kier molecular flexibility index (Phi) is 15.0. The van der Waals surface area contributed by atoms with Gasteiger partial charge < -0.3 is 4.74 Å². The molecule has 0 fully saturated rings. The van der Waals surface area contributed by atoms with Crippen molar-refractivity contribution < 1.29 is 4.74 Å². The molecule has 0 spiro atoms. The van der Waals surface area contributed by atoms with Crippen LogP contribution in [-0.2, 0) is 6.42 Å². The fourth-order valence-electron chi connectivity index (χ4n) is 4.02. The van der Waals surface area contributed by atoms with E-state index in [-0.39, 0.29) is 0 Å². The predicted octanol–water partition coefficient (Wildman–Crippen LogP) is 9.47. The summed E-state index contributed by atoms with van der Waals surface area (Å²) in [5, 5.41) is 0. The van der Waals surface area contributed by atoms with E-state index in [0.29, 0.717) is 0 Å². The van der Waals surface area contributed by atoms with Gasteiger partial charge >= 0.3 is 0 Å². The highest BCUT2D eigenvalue weighted by Crippen LogP contribution is 2.20. The van der Waals surface area contributed by atoms with E-state index < -0.39 is 0 Å². The first kappa shape index (κ1) is 27.1. The van der Waals surface area contributed by atoms with Gasteiger partial charge in [0, 0.05) is 18.0 Å². The smallest absolute Gasteiger partial charge is 0.159 e. The van der Waals surface area contributed by atoms with Gasteiger partial charge in [-0.05, 0) is 61.6 Å². The Morgan fingerprint density at radius 2 is 1.21 bits per heavy atom. The van der Waals surface area contributed by atoms with Gasteiger partial charge in [0.15, 0.2) is 5.82 Å². The van der Waals surface area contributed by atoms with Crippen LogP contribution in [0.3, 0.4) is 0 Å². The monoisotopic (exact) mass is 450 g/mol. The highest BCUT2D eigenvalue weighted by atomic mass is 16.5. The number of allylic oxidation sites excluding steroid dienone is 1. The summed E-state index contributed by atoms with van der Waals surface area (Å²) in [5.41, 5.74) is 2.26. The van der Waals surface area contributed by atoms with Crippen molar-refractivity contribution >= 4 is 0 Å². The molecule has 33 heavy (non-hydrogen) atoms. The molecule has 1 aromatic carbocycles. The lowest BCUT2D eigenvalue weighted by atomic mass is 10.1. The Labute approximate surface area is 203 Å². The third-order valence-electron chi connectivity index (χ3n) is 6.16. The second-order valence-corrected chi connectivity index (χ2v) is 9.21. The van der Waals surface area contributed by atoms with Gasteiger partial charge in [0.05, 0.1) is 6.26 Å². The van der Waals surface area contributed by atoms with E-state index in [4.69, 9.17) is 4.74 Å². The third kappa shape index (κ3) is 12.6. The molecule has 3 heteroatoms. The molecule has 0 saturated heterocycles. The SMILES string of the molecule is CCCCCCCCCC=COc1ccc(-c2ncc(CCCCCCCCC)cn2)cc1. The van der Waals surface area contributed by atoms with Crippen LogP contribution in [0.15, 0.2) is 49.0 Å². The molecule has 0 amide bonds. The number of nitrogens with zero attached hydrogens (tertiary/aromatic N) is 2. The maximum Gasteiger partial charge on any atom is 0.159 e. The number of aryl methyl sites for hydroxylation is 1. The van der Waals surface area contributed by atoms with Gasteiger partial charge in [-0.15, -0.1) is 0 Å². The number of unbranched alkanes of at least 4 members (excludes halogenated alkanes) is 13. The summed E-state index contributed by atoms with van der Waals surface area (Å²) in [7, 11) is 0. The molecule has 182 valence electrons. The zero-order valence-electron chi connectivity index (χ0n) is 21.2. The van der Waals surface area contributed by atoms with Crippen molar-refractivity contribution in [2.75, 3.05) is 0 Å². The molecule has 0 aliphatic carbocycles. The Balaban J connectivity index is 1.62. The molecule has 0 aliphatic heterocycles. The lowest BCUT2D eigenvalue weighted by Gasteiger charge is -2.05. The van der Waals surface area contributed by atoms with Crippen molar-refractivity contribution in [1.82, 2.24) is 9.97 Å². The van der Waals surface area contributed by atoms with Crippen LogP contribution in [0.4, 0.5) is 0 Å². The van der Waals surface area contributed by atoms with Gasteiger partial charge in [0.25, 0.3) is 0 Å². The van der Waals surface area contributed by atoms with E-state index in [0.717, 1.165) is 30.0 Å². The number of rotatable bonds is 19. The fraction of sp³-hybridized carbons (Fsp3) is 0.600.